The standard InChI is InChI=1S/C26H25NO/c1-3-4-15-22(20-13-9-6-10-14-20)25-23-18-21(19-11-7-5-8-12-19)16-17-24(23)27(2)26(25)28/h5-14,16-18H,3-4,15H2,1-2H3/b25-22+. The van der Waals surface area contributed by atoms with Gasteiger partial charge in [-0.1, -0.05) is 80.1 Å². The normalized spacial score (nSPS) is 14.9. The highest BCUT2D eigenvalue weighted by molar-refractivity contribution is 6.37. The van der Waals surface area contributed by atoms with Crippen LogP contribution in [-0.4, -0.2) is 13.0 Å². The fraction of sp³-hybridized carbons (Fsp3) is 0.192. The predicted octanol–water partition coefficient (Wildman–Crippen LogP) is 6.43. The van der Waals surface area contributed by atoms with Gasteiger partial charge in [-0.2, -0.15) is 0 Å². The van der Waals surface area contributed by atoms with Crippen LogP contribution >= 0.6 is 0 Å². The Morgan fingerprint density at radius 3 is 2.21 bits per heavy atom. The van der Waals surface area contributed by atoms with E-state index < -0.39 is 0 Å². The first-order chi connectivity index (χ1) is 13.7. The fourth-order valence-electron chi connectivity index (χ4n) is 3.93. The molecule has 1 aliphatic heterocycles. The lowest BCUT2D eigenvalue weighted by Crippen LogP contribution is -2.20. The molecule has 3 aromatic carbocycles. The van der Waals surface area contributed by atoms with Gasteiger partial charge < -0.3 is 4.90 Å². The number of allylic oxidation sites excluding steroid dienone is 1. The van der Waals surface area contributed by atoms with E-state index in [-0.39, 0.29) is 5.91 Å². The first kappa shape index (κ1) is 18.2. The molecule has 0 fully saturated rings. The number of hydrogen-bond donors (Lipinski definition) is 0. The smallest absolute Gasteiger partial charge is 0.259 e. The Kier molecular flexibility index (Phi) is 5.12. The number of anilines is 1. The molecule has 1 amide bonds. The number of nitrogens with zero attached hydrogens (tertiary/aromatic N) is 1. The third kappa shape index (κ3) is 3.27. The number of benzene rings is 3. The lowest BCUT2D eigenvalue weighted by molar-refractivity contribution is -0.112. The average Bonchev–Trinajstić information content (AvgIpc) is 3.00. The molecular weight excluding hydrogens is 342 g/mol. The fourth-order valence-corrected chi connectivity index (χ4v) is 3.93. The van der Waals surface area contributed by atoms with Crippen LogP contribution in [0.25, 0.3) is 22.3 Å². The number of carbonyl (C=O) groups is 1. The average molecular weight is 367 g/mol. The number of fused-ring (bicyclic) bond motifs is 1. The number of rotatable bonds is 5. The van der Waals surface area contributed by atoms with E-state index in [2.05, 4.69) is 49.4 Å². The summed E-state index contributed by atoms with van der Waals surface area (Å²) in [6.07, 6.45) is 3.08. The number of hydrogen-bond acceptors (Lipinski definition) is 1. The Balaban J connectivity index is 1.92. The van der Waals surface area contributed by atoms with E-state index in [1.54, 1.807) is 4.90 Å². The summed E-state index contributed by atoms with van der Waals surface area (Å²) in [7, 11) is 1.87. The summed E-state index contributed by atoms with van der Waals surface area (Å²) < 4.78 is 0. The van der Waals surface area contributed by atoms with E-state index in [4.69, 9.17) is 0 Å². The SMILES string of the molecule is CCCC/C(=C1\C(=O)N(C)c2ccc(-c3ccccc3)cc21)c1ccccc1. The van der Waals surface area contributed by atoms with E-state index in [1.165, 1.54) is 5.56 Å². The molecule has 1 heterocycles. The van der Waals surface area contributed by atoms with E-state index in [9.17, 15) is 4.79 Å². The molecule has 2 nitrogen and oxygen atoms in total. The van der Waals surface area contributed by atoms with Crippen molar-refractivity contribution in [2.45, 2.75) is 26.2 Å². The van der Waals surface area contributed by atoms with Crippen LogP contribution in [0.5, 0.6) is 0 Å². The molecule has 0 unspecified atom stereocenters. The second kappa shape index (κ2) is 7.85. The maximum absolute atomic E-state index is 13.3. The zero-order valence-electron chi connectivity index (χ0n) is 16.5. The molecule has 3 aromatic rings. The minimum Gasteiger partial charge on any atom is -0.311 e. The van der Waals surface area contributed by atoms with Crippen LogP contribution in [0.15, 0.2) is 78.9 Å². The first-order valence-electron chi connectivity index (χ1n) is 9.97. The van der Waals surface area contributed by atoms with Crippen molar-refractivity contribution < 1.29 is 4.79 Å². The van der Waals surface area contributed by atoms with Gasteiger partial charge in [-0.15, -0.1) is 0 Å². The van der Waals surface area contributed by atoms with E-state index in [0.29, 0.717) is 0 Å². The molecule has 0 aromatic heterocycles. The number of unbranched alkanes of at least 4 members (excludes halogenated alkanes) is 1. The molecule has 2 heteroatoms. The quantitative estimate of drug-likeness (QED) is 0.476. The Morgan fingerprint density at radius 1 is 0.857 bits per heavy atom. The molecule has 0 saturated carbocycles. The van der Waals surface area contributed by atoms with Crippen molar-refractivity contribution in [2.75, 3.05) is 11.9 Å². The topological polar surface area (TPSA) is 20.3 Å². The summed E-state index contributed by atoms with van der Waals surface area (Å²) in [5.41, 5.74) is 7.50. The molecule has 0 atom stereocenters. The number of amides is 1. The van der Waals surface area contributed by atoms with Crippen molar-refractivity contribution >= 4 is 22.7 Å². The van der Waals surface area contributed by atoms with Gasteiger partial charge in [0.25, 0.3) is 5.91 Å². The summed E-state index contributed by atoms with van der Waals surface area (Å²) in [5, 5.41) is 0. The van der Waals surface area contributed by atoms with Crippen molar-refractivity contribution in [3.8, 4) is 11.1 Å². The highest BCUT2D eigenvalue weighted by Gasteiger charge is 2.32. The molecule has 0 spiro atoms. The molecule has 4 rings (SSSR count). The van der Waals surface area contributed by atoms with Crippen molar-refractivity contribution in [3.63, 3.8) is 0 Å². The van der Waals surface area contributed by atoms with Crippen LogP contribution in [0.3, 0.4) is 0 Å². The minimum absolute atomic E-state index is 0.0927. The first-order valence-corrected chi connectivity index (χ1v) is 9.97. The third-order valence-corrected chi connectivity index (χ3v) is 5.46. The van der Waals surface area contributed by atoms with E-state index >= 15 is 0 Å². The molecule has 28 heavy (non-hydrogen) atoms. The maximum atomic E-state index is 13.3. The van der Waals surface area contributed by atoms with Crippen LogP contribution in [0.1, 0.15) is 37.3 Å². The molecule has 0 saturated heterocycles. The molecule has 0 bridgehead atoms. The molecule has 1 aliphatic rings. The van der Waals surface area contributed by atoms with E-state index in [1.807, 2.05) is 43.4 Å². The predicted molar refractivity (Wildman–Crippen MR) is 118 cm³/mol. The Morgan fingerprint density at radius 2 is 1.54 bits per heavy atom. The van der Waals surface area contributed by atoms with Crippen LogP contribution in [0.4, 0.5) is 5.69 Å². The summed E-state index contributed by atoms with van der Waals surface area (Å²) in [5.74, 6) is 0.0927. The van der Waals surface area contributed by atoms with Crippen LogP contribution < -0.4 is 4.90 Å². The lowest BCUT2D eigenvalue weighted by Gasteiger charge is -2.12. The minimum atomic E-state index is 0.0927. The van der Waals surface area contributed by atoms with Gasteiger partial charge >= 0.3 is 0 Å². The van der Waals surface area contributed by atoms with Gasteiger partial charge in [0.15, 0.2) is 0 Å². The lowest BCUT2D eigenvalue weighted by atomic mass is 9.90. The van der Waals surface area contributed by atoms with Crippen molar-refractivity contribution in [3.05, 3.63) is 90.0 Å². The molecule has 140 valence electrons. The third-order valence-electron chi connectivity index (χ3n) is 5.46. The number of carbonyl (C=O) groups excluding carboxylic acids is 1. The van der Waals surface area contributed by atoms with Crippen molar-refractivity contribution in [1.82, 2.24) is 0 Å². The molecule has 0 radical (unpaired) electrons. The Hall–Kier alpha value is -3.13. The van der Waals surface area contributed by atoms with Crippen LogP contribution in [0.2, 0.25) is 0 Å². The Labute approximate surface area is 167 Å². The number of likely N-dealkylation sites (N-methyl/N-ethyl adjacent to an activating group) is 1. The highest BCUT2D eigenvalue weighted by Crippen LogP contribution is 2.43. The Bertz CT molecular complexity index is 1020. The summed E-state index contributed by atoms with van der Waals surface area (Å²) in [6, 6.07) is 27.1. The second-order valence-corrected chi connectivity index (χ2v) is 7.29. The second-order valence-electron chi connectivity index (χ2n) is 7.29. The van der Waals surface area contributed by atoms with Crippen LogP contribution in [0, 0.1) is 0 Å². The monoisotopic (exact) mass is 367 g/mol. The van der Waals surface area contributed by atoms with Gasteiger partial charge in [0.05, 0.1) is 11.3 Å². The summed E-state index contributed by atoms with van der Waals surface area (Å²) in [4.78, 5) is 15.0. The van der Waals surface area contributed by atoms with Crippen LogP contribution in [-0.2, 0) is 4.79 Å². The van der Waals surface area contributed by atoms with Gasteiger partial charge in [0.2, 0.25) is 0 Å². The van der Waals surface area contributed by atoms with E-state index in [0.717, 1.165) is 52.8 Å². The zero-order chi connectivity index (χ0) is 19.5. The van der Waals surface area contributed by atoms with Gasteiger partial charge in [-0.05, 0) is 47.2 Å². The largest absolute Gasteiger partial charge is 0.311 e. The van der Waals surface area contributed by atoms with Gasteiger partial charge in [-0.25, -0.2) is 0 Å². The van der Waals surface area contributed by atoms with Gasteiger partial charge in [0, 0.05) is 12.6 Å². The van der Waals surface area contributed by atoms with Crippen molar-refractivity contribution in [1.29, 1.82) is 0 Å². The maximum Gasteiger partial charge on any atom is 0.259 e. The summed E-state index contributed by atoms with van der Waals surface area (Å²) in [6.45, 7) is 2.19. The van der Waals surface area contributed by atoms with Crippen molar-refractivity contribution in [2.24, 2.45) is 0 Å². The van der Waals surface area contributed by atoms with Gasteiger partial charge in [-0.3, -0.25) is 4.79 Å². The van der Waals surface area contributed by atoms with Gasteiger partial charge in [0.1, 0.15) is 0 Å². The summed E-state index contributed by atoms with van der Waals surface area (Å²) >= 11 is 0. The molecule has 0 N–H and O–H groups in total. The zero-order valence-corrected chi connectivity index (χ0v) is 16.5. The molecular formula is C26H25NO. The molecule has 0 aliphatic carbocycles. The highest BCUT2D eigenvalue weighted by atomic mass is 16.2.